The van der Waals surface area contributed by atoms with Crippen molar-refractivity contribution in [3.63, 3.8) is 0 Å². The van der Waals surface area contributed by atoms with Crippen LogP contribution in [0.15, 0.2) is 48.5 Å². The molecule has 1 N–H and O–H groups in total. The molecule has 0 aromatic heterocycles. The van der Waals surface area contributed by atoms with E-state index in [0.717, 1.165) is 19.1 Å². The molecule has 2 aliphatic heterocycles. The lowest BCUT2D eigenvalue weighted by Crippen LogP contribution is -2.59. The molecule has 0 radical (unpaired) electrons. The average Bonchev–Trinajstić information content (AvgIpc) is 2.83. The van der Waals surface area contributed by atoms with Crippen molar-refractivity contribution in [3.8, 4) is 0 Å². The Kier molecular flexibility index (Phi) is 7.02. The third kappa shape index (κ3) is 4.91. The number of rotatable bonds is 6. The van der Waals surface area contributed by atoms with E-state index in [4.69, 9.17) is 0 Å². The van der Waals surface area contributed by atoms with Gasteiger partial charge in [-0.1, -0.05) is 50.2 Å². The molecular formula is C30H44N4. The van der Waals surface area contributed by atoms with Crippen LogP contribution in [0.2, 0.25) is 0 Å². The normalized spacial score (nSPS) is 23.9. The maximum absolute atomic E-state index is 3.57. The van der Waals surface area contributed by atoms with Gasteiger partial charge >= 0.3 is 0 Å². The van der Waals surface area contributed by atoms with Crippen molar-refractivity contribution in [1.82, 2.24) is 15.1 Å². The molecule has 1 saturated carbocycles. The van der Waals surface area contributed by atoms with Gasteiger partial charge in [-0.05, 0) is 78.9 Å². The highest BCUT2D eigenvalue weighted by Gasteiger charge is 2.49. The van der Waals surface area contributed by atoms with Crippen molar-refractivity contribution in [2.24, 2.45) is 5.41 Å². The van der Waals surface area contributed by atoms with Crippen LogP contribution in [0.25, 0.3) is 0 Å². The molecular weight excluding hydrogens is 416 g/mol. The summed E-state index contributed by atoms with van der Waals surface area (Å²) in [6, 6.07) is 19.7. The fourth-order valence-electron chi connectivity index (χ4n) is 6.75. The summed E-state index contributed by atoms with van der Waals surface area (Å²) in [6.07, 6.45) is 5.56. The second-order valence-electron chi connectivity index (χ2n) is 11.6. The smallest absolute Gasteiger partial charge is 0.0481 e. The molecule has 1 unspecified atom stereocenters. The van der Waals surface area contributed by atoms with Crippen LogP contribution >= 0.6 is 0 Å². The molecule has 4 nitrogen and oxygen atoms in total. The summed E-state index contributed by atoms with van der Waals surface area (Å²) in [5, 5.41) is 3.57. The first-order valence-corrected chi connectivity index (χ1v) is 13.5. The lowest BCUT2D eigenvalue weighted by Gasteiger charge is -2.57. The van der Waals surface area contributed by atoms with Crippen LogP contribution in [0.5, 0.6) is 0 Å². The van der Waals surface area contributed by atoms with E-state index in [1.807, 2.05) is 0 Å². The molecule has 5 rings (SSSR count). The van der Waals surface area contributed by atoms with E-state index in [2.05, 4.69) is 96.5 Å². The van der Waals surface area contributed by atoms with Crippen LogP contribution in [0.4, 0.5) is 5.69 Å². The van der Waals surface area contributed by atoms with E-state index in [9.17, 15) is 0 Å². The zero-order chi connectivity index (χ0) is 23.7. The van der Waals surface area contributed by atoms with Crippen molar-refractivity contribution >= 4 is 5.69 Å². The van der Waals surface area contributed by atoms with Gasteiger partial charge in [0, 0.05) is 58.0 Å². The zero-order valence-corrected chi connectivity index (χ0v) is 21.8. The van der Waals surface area contributed by atoms with Crippen LogP contribution < -0.4 is 10.2 Å². The van der Waals surface area contributed by atoms with Crippen molar-refractivity contribution in [1.29, 1.82) is 0 Å². The van der Waals surface area contributed by atoms with Gasteiger partial charge in [0.15, 0.2) is 0 Å². The number of hydrogen-bond donors (Lipinski definition) is 1. The number of piperazine rings is 1. The van der Waals surface area contributed by atoms with Crippen molar-refractivity contribution in [2.45, 2.75) is 64.1 Å². The van der Waals surface area contributed by atoms with Gasteiger partial charge in [-0.3, -0.25) is 9.80 Å². The van der Waals surface area contributed by atoms with Gasteiger partial charge in [-0.25, -0.2) is 0 Å². The lowest BCUT2D eigenvalue weighted by atomic mass is 9.60. The van der Waals surface area contributed by atoms with Gasteiger partial charge in [0.05, 0.1) is 0 Å². The first kappa shape index (κ1) is 23.8. The molecule has 0 amide bonds. The number of nitrogens with zero attached hydrogens (tertiary/aromatic N) is 3. The minimum absolute atomic E-state index is 0.498. The molecule has 1 atom stereocenters. The van der Waals surface area contributed by atoms with Crippen LogP contribution in [0, 0.1) is 5.41 Å². The summed E-state index contributed by atoms with van der Waals surface area (Å²) in [6.45, 7) is 11.7. The number of benzene rings is 2. The van der Waals surface area contributed by atoms with Crippen LogP contribution in [-0.2, 0) is 6.54 Å². The third-order valence-electron chi connectivity index (χ3n) is 8.81. The SMILES string of the molecule is CC(C)c1ccccc1C1CN(Cc2ccc(N(C)C)cc2)CCN1C1CC2(CCNCC2)C1. The summed E-state index contributed by atoms with van der Waals surface area (Å²) in [5.74, 6) is 0.559. The Morgan fingerprint density at radius 3 is 2.35 bits per heavy atom. The quantitative estimate of drug-likeness (QED) is 0.634. The van der Waals surface area contributed by atoms with Crippen molar-refractivity contribution in [3.05, 3.63) is 65.2 Å². The van der Waals surface area contributed by atoms with Crippen LogP contribution in [0.3, 0.4) is 0 Å². The van der Waals surface area contributed by atoms with Crippen LogP contribution in [-0.4, -0.2) is 62.7 Å². The van der Waals surface area contributed by atoms with E-state index in [1.54, 1.807) is 5.56 Å². The molecule has 3 fully saturated rings. The molecule has 2 aromatic rings. The predicted molar refractivity (Wildman–Crippen MR) is 144 cm³/mol. The molecule has 2 heterocycles. The molecule has 34 heavy (non-hydrogen) atoms. The van der Waals surface area contributed by atoms with E-state index >= 15 is 0 Å². The van der Waals surface area contributed by atoms with Gasteiger partial charge in [0.2, 0.25) is 0 Å². The Labute approximate surface area is 207 Å². The lowest BCUT2D eigenvalue weighted by molar-refractivity contribution is -0.0650. The Hall–Kier alpha value is -1.88. The second kappa shape index (κ2) is 10.0. The second-order valence-corrected chi connectivity index (χ2v) is 11.6. The number of hydrogen-bond acceptors (Lipinski definition) is 4. The van der Waals surface area contributed by atoms with E-state index in [0.29, 0.717) is 17.4 Å². The maximum atomic E-state index is 3.57. The highest BCUT2D eigenvalue weighted by Crippen LogP contribution is 2.52. The third-order valence-corrected chi connectivity index (χ3v) is 8.81. The summed E-state index contributed by atoms with van der Waals surface area (Å²) < 4.78 is 0. The first-order valence-electron chi connectivity index (χ1n) is 13.5. The molecule has 3 aliphatic rings. The monoisotopic (exact) mass is 460 g/mol. The molecule has 4 heteroatoms. The predicted octanol–water partition coefficient (Wildman–Crippen LogP) is 5.27. The molecule has 1 spiro atoms. The Morgan fingerprint density at radius 2 is 1.68 bits per heavy atom. The van der Waals surface area contributed by atoms with Gasteiger partial charge < -0.3 is 10.2 Å². The largest absolute Gasteiger partial charge is 0.378 e. The Bertz CT molecular complexity index is 937. The maximum Gasteiger partial charge on any atom is 0.0481 e. The standard InChI is InChI=1S/C30H44N4/c1-23(2)27-7-5-6-8-28(27)29-22-33(21-24-9-11-25(12-10-24)32(3)4)17-18-34(29)26-19-30(20-26)13-15-31-16-14-30/h5-12,23,26,29,31H,13-22H2,1-4H3. The molecule has 0 bridgehead atoms. The fourth-order valence-corrected chi connectivity index (χ4v) is 6.75. The summed E-state index contributed by atoms with van der Waals surface area (Å²) in [4.78, 5) is 7.78. The van der Waals surface area contributed by atoms with Crippen LogP contribution in [0.1, 0.15) is 68.2 Å². The van der Waals surface area contributed by atoms with E-state index < -0.39 is 0 Å². The highest BCUT2D eigenvalue weighted by molar-refractivity contribution is 5.46. The fraction of sp³-hybridized carbons (Fsp3) is 0.600. The van der Waals surface area contributed by atoms with E-state index in [1.165, 1.54) is 68.7 Å². The summed E-state index contributed by atoms with van der Waals surface area (Å²) in [5.41, 5.74) is 6.42. The summed E-state index contributed by atoms with van der Waals surface area (Å²) >= 11 is 0. The highest BCUT2D eigenvalue weighted by atomic mass is 15.3. The molecule has 1 aliphatic carbocycles. The first-order chi connectivity index (χ1) is 16.4. The average molecular weight is 461 g/mol. The van der Waals surface area contributed by atoms with Crippen molar-refractivity contribution in [2.75, 3.05) is 51.7 Å². The Morgan fingerprint density at radius 1 is 0.971 bits per heavy atom. The molecule has 2 saturated heterocycles. The van der Waals surface area contributed by atoms with E-state index in [-0.39, 0.29) is 0 Å². The number of anilines is 1. The molecule has 184 valence electrons. The topological polar surface area (TPSA) is 21.8 Å². The van der Waals surface area contributed by atoms with Crippen molar-refractivity contribution < 1.29 is 0 Å². The van der Waals surface area contributed by atoms with Gasteiger partial charge in [-0.15, -0.1) is 0 Å². The van der Waals surface area contributed by atoms with Gasteiger partial charge in [0.1, 0.15) is 0 Å². The zero-order valence-electron chi connectivity index (χ0n) is 21.8. The molecule has 2 aromatic carbocycles. The minimum Gasteiger partial charge on any atom is -0.378 e. The van der Waals surface area contributed by atoms with Gasteiger partial charge in [0.25, 0.3) is 0 Å². The Balaban J connectivity index is 1.35. The van der Waals surface area contributed by atoms with Gasteiger partial charge in [-0.2, -0.15) is 0 Å². The minimum atomic E-state index is 0.498. The number of nitrogens with one attached hydrogen (secondary N) is 1. The number of piperidine rings is 1. The summed E-state index contributed by atoms with van der Waals surface area (Å²) in [7, 11) is 4.22.